The van der Waals surface area contributed by atoms with Crippen LogP contribution in [0, 0.1) is 5.82 Å². The number of thiophene rings is 1. The first-order valence-electron chi connectivity index (χ1n) is 5.55. The molecule has 2 aromatic rings. The summed E-state index contributed by atoms with van der Waals surface area (Å²) < 4.78 is 13.8. The lowest BCUT2D eigenvalue weighted by Gasteiger charge is -2.27. The molecule has 0 fully saturated rings. The van der Waals surface area contributed by atoms with Crippen LogP contribution in [-0.2, 0) is 6.54 Å². The van der Waals surface area contributed by atoms with Crippen molar-refractivity contribution >= 4 is 28.8 Å². The Bertz CT molecular complexity index is 516. The van der Waals surface area contributed by atoms with Gasteiger partial charge < -0.3 is 4.90 Å². The molecule has 0 aromatic carbocycles. The summed E-state index contributed by atoms with van der Waals surface area (Å²) in [4.78, 5) is 10.6. The second-order valence-corrected chi connectivity index (χ2v) is 5.48. The zero-order valence-electron chi connectivity index (χ0n) is 10.1. The summed E-state index contributed by atoms with van der Waals surface area (Å²) in [7, 11) is 0. The predicted octanol–water partition coefficient (Wildman–Crippen LogP) is 3.75. The van der Waals surface area contributed by atoms with Crippen LogP contribution in [0.4, 0.5) is 10.2 Å². The fourth-order valence-electron chi connectivity index (χ4n) is 1.61. The van der Waals surface area contributed by atoms with E-state index in [9.17, 15) is 4.39 Å². The molecule has 0 bridgehead atoms. The predicted molar refractivity (Wildman–Crippen MR) is 72.6 cm³/mol. The van der Waals surface area contributed by atoms with Crippen molar-refractivity contribution in [2.24, 2.45) is 0 Å². The molecule has 3 nitrogen and oxygen atoms in total. The number of anilines is 1. The number of hydrogen-bond donors (Lipinski definition) is 0. The van der Waals surface area contributed by atoms with E-state index in [0.29, 0.717) is 6.54 Å². The Hall–Kier alpha value is -1.20. The Morgan fingerprint density at radius 3 is 2.89 bits per heavy atom. The SMILES string of the molecule is CC(C)N(Cc1cccs1)c1nc(Cl)ncc1F. The maximum atomic E-state index is 13.8. The average molecular weight is 286 g/mol. The number of hydrogen-bond acceptors (Lipinski definition) is 4. The normalized spacial score (nSPS) is 10.9. The second kappa shape index (κ2) is 5.63. The zero-order valence-corrected chi connectivity index (χ0v) is 11.7. The van der Waals surface area contributed by atoms with Crippen molar-refractivity contribution in [3.8, 4) is 0 Å². The van der Waals surface area contributed by atoms with Crippen LogP contribution in [-0.4, -0.2) is 16.0 Å². The van der Waals surface area contributed by atoms with E-state index >= 15 is 0 Å². The molecule has 18 heavy (non-hydrogen) atoms. The van der Waals surface area contributed by atoms with Gasteiger partial charge in [0.1, 0.15) is 0 Å². The summed E-state index contributed by atoms with van der Waals surface area (Å²) >= 11 is 7.37. The lowest BCUT2D eigenvalue weighted by atomic mass is 10.3. The molecule has 6 heteroatoms. The molecule has 0 aliphatic rings. The Morgan fingerprint density at radius 2 is 2.28 bits per heavy atom. The molecular formula is C12H13ClFN3S. The fraction of sp³-hybridized carbons (Fsp3) is 0.333. The zero-order chi connectivity index (χ0) is 13.1. The summed E-state index contributed by atoms with van der Waals surface area (Å²) in [6.07, 6.45) is 1.11. The van der Waals surface area contributed by atoms with E-state index in [1.54, 1.807) is 11.3 Å². The smallest absolute Gasteiger partial charge is 0.224 e. The molecule has 0 N–H and O–H groups in total. The number of rotatable bonds is 4. The molecule has 2 aromatic heterocycles. The highest BCUT2D eigenvalue weighted by molar-refractivity contribution is 7.09. The Kier molecular flexibility index (Phi) is 4.14. The minimum atomic E-state index is -0.454. The Balaban J connectivity index is 2.32. The van der Waals surface area contributed by atoms with Crippen LogP contribution in [0.25, 0.3) is 0 Å². The third kappa shape index (κ3) is 2.97. The maximum absolute atomic E-state index is 13.8. The number of halogens is 2. The van der Waals surface area contributed by atoms with Crippen LogP contribution in [0.1, 0.15) is 18.7 Å². The highest BCUT2D eigenvalue weighted by Crippen LogP contribution is 2.23. The van der Waals surface area contributed by atoms with E-state index in [1.807, 2.05) is 36.3 Å². The van der Waals surface area contributed by atoms with Crippen LogP contribution >= 0.6 is 22.9 Å². The van der Waals surface area contributed by atoms with Crippen LogP contribution in [0.2, 0.25) is 5.28 Å². The third-order valence-electron chi connectivity index (χ3n) is 2.50. The number of nitrogens with zero attached hydrogens (tertiary/aromatic N) is 3. The second-order valence-electron chi connectivity index (χ2n) is 4.11. The summed E-state index contributed by atoms with van der Waals surface area (Å²) in [5.41, 5.74) is 0. The van der Waals surface area contributed by atoms with Gasteiger partial charge in [-0.25, -0.2) is 9.37 Å². The van der Waals surface area contributed by atoms with Gasteiger partial charge in [-0.05, 0) is 36.9 Å². The molecule has 0 unspecified atom stereocenters. The van der Waals surface area contributed by atoms with Crippen molar-refractivity contribution < 1.29 is 4.39 Å². The molecule has 0 aliphatic heterocycles. The van der Waals surface area contributed by atoms with Crippen LogP contribution in [0.5, 0.6) is 0 Å². The highest BCUT2D eigenvalue weighted by atomic mass is 35.5. The maximum Gasteiger partial charge on any atom is 0.224 e. The summed E-state index contributed by atoms with van der Waals surface area (Å²) in [5, 5.41) is 2.06. The molecule has 2 rings (SSSR count). The van der Waals surface area contributed by atoms with Gasteiger partial charge in [-0.3, -0.25) is 0 Å². The monoisotopic (exact) mass is 285 g/mol. The minimum absolute atomic E-state index is 0.0585. The van der Waals surface area contributed by atoms with Gasteiger partial charge in [0, 0.05) is 10.9 Å². The Labute approximate surface area is 114 Å². The van der Waals surface area contributed by atoms with E-state index in [2.05, 4.69) is 9.97 Å². The van der Waals surface area contributed by atoms with Gasteiger partial charge in [0.2, 0.25) is 5.28 Å². The molecule has 96 valence electrons. The van der Waals surface area contributed by atoms with E-state index in [-0.39, 0.29) is 17.1 Å². The van der Waals surface area contributed by atoms with Crippen LogP contribution < -0.4 is 4.90 Å². The molecule has 0 amide bonds. The largest absolute Gasteiger partial charge is 0.346 e. The number of aromatic nitrogens is 2. The molecular weight excluding hydrogens is 273 g/mol. The summed E-state index contributed by atoms with van der Waals surface area (Å²) in [6, 6.07) is 4.11. The third-order valence-corrected chi connectivity index (χ3v) is 3.54. The van der Waals surface area contributed by atoms with E-state index in [0.717, 1.165) is 11.1 Å². The van der Waals surface area contributed by atoms with E-state index < -0.39 is 5.82 Å². The van der Waals surface area contributed by atoms with Crippen molar-refractivity contribution in [1.29, 1.82) is 0 Å². The van der Waals surface area contributed by atoms with Gasteiger partial charge in [-0.2, -0.15) is 4.98 Å². The molecule has 0 aliphatic carbocycles. The molecule has 0 radical (unpaired) electrons. The first-order valence-corrected chi connectivity index (χ1v) is 6.80. The summed E-state index contributed by atoms with van der Waals surface area (Å²) in [6.45, 7) is 4.59. The van der Waals surface area contributed by atoms with Crippen molar-refractivity contribution in [3.05, 3.63) is 39.7 Å². The molecule has 0 atom stereocenters. The first kappa shape index (κ1) is 13.2. The topological polar surface area (TPSA) is 29.0 Å². The van der Waals surface area contributed by atoms with Gasteiger partial charge in [-0.15, -0.1) is 11.3 Å². The van der Waals surface area contributed by atoms with Crippen molar-refractivity contribution in [1.82, 2.24) is 9.97 Å². The van der Waals surface area contributed by atoms with Crippen LogP contribution in [0.3, 0.4) is 0 Å². The molecule has 0 spiro atoms. The average Bonchev–Trinajstić information content (AvgIpc) is 2.82. The molecule has 0 saturated carbocycles. The standard InChI is InChI=1S/C12H13ClFN3S/c1-8(2)17(7-9-4-3-5-18-9)11-10(14)6-15-12(13)16-11/h3-6,8H,7H2,1-2H3. The fourth-order valence-corrected chi connectivity index (χ4v) is 2.44. The van der Waals surface area contributed by atoms with Crippen molar-refractivity contribution in [3.63, 3.8) is 0 Å². The summed E-state index contributed by atoms with van der Waals surface area (Å²) in [5.74, 6) is -0.206. The van der Waals surface area contributed by atoms with Gasteiger partial charge in [0.05, 0.1) is 12.7 Å². The van der Waals surface area contributed by atoms with E-state index in [1.165, 1.54) is 0 Å². The van der Waals surface area contributed by atoms with Crippen molar-refractivity contribution in [2.75, 3.05) is 4.90 Å². The minimum Gasteiger partial charge on any atom is -0.346 e. The quantitative estimate of drug-likeness (QED) is 0.801. The van der Waals surface area contributed by atoms with Crippen LogP contribution in [0.15, 0.2) is 23.7 Å². The Morgan fingerprint density at radius 1 is 1.50 bits per heavy atom. The highest BCUT2D eigenvalue weighted by Gasteiger charge is 2.18. The van der Waals surface area contributed by atoms with Gasteiger partial charge >= 0.3 is 0 Å². The first-order chi connectivity index (χ1) is 8.58. The van der Waals surface area contributed by atoms with Gasteiger partial charge in [-0.1, -0.05) is 6.07 Å². The molecule has 0 saturated heterocycles. The van der Waals surface area contributed by atoms with E-state index in [4.69, 9.17) is 11.6 Å². The van der Waals surface area contributed by atoms with Gasteiger partial charge in [0.25, 0.3) is 0 Å². The lowest BCUT2D eigenvalue weighted by Crippen LogP contribution is -2.31. The lowest BCUT2D eigenvalue weighted by molar-refractivity contribution is 0.583. The molecule has 2 heterocycles. The van der Waals surface area contributed by atoms with Gasteiger partial charge in [0.15, 0.2) is 11.6 Å². The van der Waals surface area contributed by atoms with Crippen molar-refractivity contribution in [2.45, 2.75) is 26.4 Å².